The van der Waals surface area contributed by atoms with Gasteiger partial charge in [-0.2, -0.15) is 0 Å². The number of carboxylic acids is 1. The first-order valence-electron chi connectivity index (χ1n) is 7.02. The van der Waals surface area contributed by atoms with Crippen LogP contribution >= 0.6 is 35.8 Å². The molecule has 0 radical (unpaired) electrons. The van der Waals surface area contributed by atoms with Crippen molar-refractivity contribution in [1.29, 1.82) is 0 Å². The zero-order valence-electron chi connectivity index (χ0n) is 11.8. The average Bonchev–Trinajstić information content (AvgIpc) is 2.45. The summed E-state index contributed by atoms with van der Waals surface area (Å²) in [6, 6.07) is 7.55. The van der Waals surface area contributed by atoms with Gasteiger partial charge in [-0.15, -0.1) is 24.2 Å². The molecule has 0 bridgehead atoms. The van der Waals surface area contributed by atoms with Crippen LogP contribution in [0.4, 0.5) is 0 Å². The highest BCUT2D eigenvalue weighted by Gasteiger charge is 2.27. The summed E-state index contributed by atoms with van der Waals surface area (Å²) in [5, 5.41) is 10.0. The first kappa shape index (κ1) is 18.6. The van der Waals surface area contributed by atoms with E-state index in [-0.39, 0.29) is 18.4 Å². The average molecular weight is 350 g/mol. The van der Waals surface area contributed by atoms with Gasteiger partial charge >= 0.3 is 5.97 Å². The second-order valence-electron chi connectivity index (χ2n) is 5.02. The minimum Gasteiger partial charge on any atom is -0.480 e. The van der Waals surface area contributed by atoms with Crippen molar-refractivity contribution < 1.29 is 9.90 Å². The Hall–Kier alpha value is -0.420. The molecule has 1 heterocycles. The highest BCUT2D eigenvalue weighted by atomic mass is 35.5. The first-order valence-corrected chi connectivity index (χ1v) is 8.39. The Labute approximate surface area is 141 Å². The predicted octanol–water partition coefficient (Wildman–Crippen LogP) is 4.18. The number of carbonyl (C=O) groups is 1. The van der Waals surface area contributed by atoms with E-state index in [9.17, 15) is 9.90 Å². The normalized spacial score (nSPS) is 19.0. The highest BCUT2D eigenvalue weighted by Crippen LogP contribution is 2.27. The van der Waals surface area contributed by atoms with Gasteiger partial charge in [-0.3, -0.25) is 9.69 Å². The topological polar surface area (TPSA) is 40.5 Å². The van der Waals surface area contributed by atoms with Crippen molar-refractivity contribution in [2.24, 2.45) is 0 Å². The number of thioether (sulfide) groups is 1. The summed E-state index contributed by atoms with van der Waals surface area (Å²) in [7, 11) is 0. The molecule has 0 amide bonds. The van der Waals surface area contributed by atoms with Gasteiger partial charge in [-0.05, 0) is 50.2 Å². The van der Waals surface area contributed by atoms with Crippen LogP contribution in [-0.4, -0.2) is 40.9 Å². The van der Waals surface area contributed by atoms with E-state index >= 15 is 0 Å². The summed E-state index contributed by atoms with van der Waals surface area (Å²) in [5.74, 6) is 0.287. The summed E-state index contributed by atoms with van der Waals surface area (Å²) in [6.45, 7) is 1.77. The number of benzene rings is 1. The molecule has 2 rings (SSSR count). The third-order valence-corrected chi connectivity index (χ3v) is 5.18. The van der Waals surface area contributed by atoms with Crippen molar-refractivity contribution in [1.82, 2.24) is 4.90 Å². The van der Waals surface area contributed by atoms with Crippen LogP contribution in [0.1, 0.15) is 25.7 Å². The number of halogens is 2. The largest absolute Gasteiger partial charge is 0.480 e. The molecule has 1 fully saturated rings. The number of likely N-dealkylation sites (tertiary alicyclic amines) is 1. The van der Waals surface area contributed by atoms with E-state index in [1.807, 2.05) is 24.3 Å². The summed E-state index contributed by atoms with van der Waals surface area (Å²) in [5.41, 5.74) is 0. The van der Waals surface area contributed by atoms with Crippen LogP contribution in [0.3, 0.4) is 0 Å². The first-order chi connectivity index (χ1) is 9.68. The number of aliphatic carboxylic acids is 1. The SMILES string of the molecule is Cl.O=C(O)C1CCCCN1CCCSc1ccccc1Cl. The van der Waals surface area contributed by atoms with Gasteiger partial charge in [-0.1, -0.05) is 30.2 Å². The fourth-order valence-corrected chi connectivity index (χ4v) is 3.72. The van der Waals surface area contributed by atoms with Crippen LogP contribution in [0, 0.1) is 0 Å². The van der Waals surface area contributed by atoms with Gasteiger partial charge in [-0.25, -0.2) is 0 Å². The molecule has 118 valence electrons. The number of nitrogens with zero attached hydrogens (tertiary/aromatic N) is 1. The van der Waals surface area contributed by atoms with E-state index in [4.69, 9.17) is 11.6 Å². The highest BCUT2D eigenvalue weighted by molar-refractivity contribution is 7.99. The molecule has 0 aliphatic carbocycles. The molecule has 1 aliphatic heterocycles. The van der Waals surface area contributed by atoms with E-state index in [1.54, 1.807) is 11.8 Å². The number of piperidine rings is 1. The predicted molar refractivity (Wildman–Crippen MR) is 90.9 cm³/mol. The standard InChI is InChI=1S/C15H20ClNO2S.ClH/c16-12-6-1-2-8-14(12)20-11-5-10-17-9-4-3-7-13(17)15(18)19;/h1-2,6,8,13H,3-5,7,9-11H2,(H,18,19);1H. The van der Waals surface area contributed by atoms with Crippen molar-refractivity contribution in [3.8, 4) is 0 Å². The molecule has 1 aromatic rings. The third-order valence-electron chi connectivity index (χ3n) is 3.58. The molecule has 1 unspecified atom stereocenters. The molecule has 0 saturated carbocycles. The zero-order chi connectivity index (χ0) is 14.4. The monoisotopic (exact) mass is 349 g/mol. The van der Waals surface area contributed by atoms with E-state index in [1.165, 1.54) is 0 Å². The lowest BCUT2D eigenvalue weighted by Crippen LogP contribution is -2.45. The van der Waals surface area contributed by atoms with Gasteiger partial charge in [0.1, 0.15) is 6.04 Å². The van der Waals surface area contributed by atoms with E-state index in [0.29, 0.717) is 0 Å². The Morgan fingerprint density at radius 2 is 2.14 bits per heavy atom. The molecule has 0 spiro atoms. The van der Waals surface area contributed by atoms with Crippen LogP contribution in [-0.2, 0) is 4.79 Å². The lowest BCUT2D eigenvalue weighted by molar-refractivity contribution is -0.144. The molecular weight excluding hydrogens is 329 g/mol. The van der Waals surface area contributed by atoms with Crippen molar-refractivity contribution >= 4 is 41.7 Å². The second kappa shape index (κ2) is 9.57. The van der Waals surface area contributed by atoms with Crippen LogP contribution in [0.25, 0.3) is 0 Å². The van der Waals surface area contributed by atoms with Crippen molar-refractivity contribution in [2.75, 3.05) is 18.8 Å². The summed E-state index contributed by atoms with van der Waals surface area (Å²) < 4.78 is 0. The summed E-state index contributed by atoms with van der Waals surface area (Å²) in [6.07, 6.45) is 3.91. The summed E-state index contributed by atoms with van der Waals surface area (Å²) in [4.78, 5) is 14.4. The maximum absolute atomic E-state index is 11.2. The lowest BCUT2D eigenvalue weighted by atomic mass is 10.0. The molecule has 1 aromatic carbocycles. The molecule has 1 aliphatic rings. The number of hydrogen-bond acceptors (Lipinski definition) is 3. The molecule has 1 N–H and O–H groups in total. The van der Waals surface area contributed by atoms with Crippen molar-refractivity contribution in [3.05, 3.63) is 29.3 Å². The van der Waals surface area contributed by atoms with Gasteiger partial charge in [0.2, 0.25) is 0 Å². The molecule has 1 atom stereocenters. The Bertz CT molecular complexity index is 459. The van der Waals surface area contributed by atoms with Crippen LogP contribution in [0.5, 0.6) is 0 Å². The number of hydrogen-bond donors (Lipinski definition) is 1. The van der Waals surface area contributed by atoms with E-state index in [0.717, 1.165) is 54.4 Å². The number of carboxylic acid groups (broad SMARTS) is 1. The van der Waals surface area contributed by atoms with Gasteiger partial charge in [0, 0.05) is 4.90 Å². The summed E-state index contributed by atoms with van der Waals surface area (Å²) >= 11 is 7.85. The Kier molecular flexibility index (Phi) is 8.49. The van der Waals surface area contributed by atoms with Gasteiger partial charge in [0.15, 0.2) is 0 Å². The maximum Gasteiger partial charge on any atom is 0.320 e. The Balaban J connectivity index is 0.00000220. The Morgan fingerprint density at radius 3 is 2.86 bits per heavy atom. The number of rotatable bonds is 6. The van der Waals surface area contributed by atoms with Crippen molar-refractivity contribution in [3.63, 3.8) is 0 Å². The zero-order valence-corrected chi connectivity index (χ0v) is 14.2. The van der Waals surface area contributed by atoms with E-state index in [2.05, 4.69) is 4.90 Å². The molecule has 21 heavy (non-hydrogen) atoms. The van der Waals surface area contributed by atoms with Gasteiger partial charge < -0.3 is 5.11 Å². The van der Waals surface area contributed by atoms with Gasteiger partial charge in [0.05, 0.1) is 5.02 Å². The van der Waals surface area contributed by atoms with Crippen molar-refractivity contribution in [2.45, 2.75) is 36.6 Å². The molecule has 3 nitrogen and oxygen atoms in total. The molecule has 1 saturated heterocycles. The third kappa shape index (κ3) is 5.70. The van der Waals surface area contributed by atoms with E-state index < -0.39 is 5.97 Å². The minimum absolute atomic E-state index is 0. The van der Waals surface area contributed by atoms with Crippen LogP contribution in [0.2, 0.25) is 5.02 Å². The maximum atomic E-state index is 11.2. The van der Waals surface area contributed by atoms with Crippen LogP contribution < -0.4 is 0 Å². The second-order valence-corrected chi connectivity index (χ2v) is 6.56. The molecular formula is C15H21Cl2NO2S. The quantitative estimate of drug-likeness (QED) is 0.617. The lowest BCUT2D eigenvalue weighted by Gasteiger charge is -2.32. The van der Waals surface area contributed by atoms with Crippen LogP contribution in [0.15, 0.2) is 29.2 Å². The Morgan fingerprint density at radius 1 is 1.38 bits per heavy atom. The fraction of sp³-hybridized carbons (Fsp3) is 0.533. The molecule has 0 aromatic heterocycles. The molecule has 6 heteroatoms. The van der Waals surface area contributed by atoms with Gasteiger partial charge in [0.25, 0.3) is 0 Å². The minimum atomic E-state index is -0.677. The smallest absolute Gasteiger partial charge is 0.320 e. The fourth-order valence-electron chi connectivity index (χ4n) is 2.55.